The molecule has 1 aliphatic rings. The van der Waals surface area contributed by atoms with Crippen molar-refractivity contribution in [2.24, 2.45) is 5.73 Å². The van der Waals surface area contributed by atoms with Gasteiger partial charge in [-0.2, -0.15) is 0 Å². The zero-order valence-corrected chi connectivity index (χ0v) is 10.4. The minimum Gasteiger partial charge on any atom is -0.490 e. The number of ether oxygens (including phenoxy) is 1. The lowest BCUT2D eigenvalue weighted by Crippen LogP contribution is -2.14. The topological polar surface area (TPSA) is 35.2 Å². The lowest BCUT2D eigenvalue weighted by Gasteiger charge is -2.23. The van der Waals surface area contributed by atoms with Crippen LogP contribution in [-0.2, 0) is 12.0 Å². The van der Waals surface area contributed by atoms with Gasteiger partial charge in [-0.15, -0.1) is 0 Å². The molecule has 0 spiro atoms. The molecule has 0 aliphatic heterocycles. The minimum absolute atomic E-state index is 0.122. The van der Waals surface area contributed by atoms with Crippen molar-refractivity contribution >= 4 is 0 Å². The van der Waals surface area contributed by atoms with Gasteiger partial charge in [0.1, 0.15) is 5.75 Å². The van der Waals surface area contributed by atoms with Crippen LogP contribution in [0.1, 0.15) is 44.7 Å². The van der Waals surface area contributed by atoms with Gasteiger partial charge in [0.2, 0.25) is 0 Å². The van der Waals surface area contributed by atoms with Crippen molar-refractivity contribution in [1.82, 2.24) is 0 Å². The van der Waals surface area contributed by atoms with Crippen LogP contribution in [0, 0.1) is 0 Å². The van der Waals surface area contributed by atoms with Gasteiger partial charge in [0.15, 0.2) is 0 Å². The number of rotatable bonds is 3. The molecule has 1 saturated carbocycles. The van der Waals surface area contributed by atoms with Gasteiger partial charge in [0.25, 0.3) is 0 Å². The number of benzene rings is 1. The van der Waals surface area contributed by atoms with Gasteiger partial charge in [0, 0.05) is 6.54 Å². The first-order chi connectivity index (χ1) is 7.50. The van der Waals surface area contributed by atoms with Crippen LogP contribution in [0.3, 0.4) is 0 Å². The van der Waals surface area contributed by atoms with Crippen molar-refractivity contribution in [2.75, 3.05) is 0 Å². The van der Waals surface area contributed by atoms with E-state index in [1.165, 1.54) is 18.4 Å². The van der Waals surface area contributed by atoms with Crippen molar-refractivity contribution in [1.29, 1.82) is 0 Å². The summed E-state index contributed by atoms with van der Waals surface area (Å²) in [6.07, 6.45) is 2.82. The molecule has 0 aromatic heterocycles. The molecule has 2 heteroatoms. The first kappa shape index (κ1) is 11.5. The fourth-order valence-corrected chi connectivity index (χ4v) is 1.78. The molecule has 0 unspecified atom stereocenters. The Bertz CT molecular complexity index is 375. The second-order valence-electron chi connectivity index (χ2n) is 5.60. The van der Waals surface area contributed by atoms with Crippen LogP contribution in [0.2, 0.25) is 0 Å². The van der Waals surface area contributed by atoms with Gasteiger partial charge >= 0.3 is 0 Å². The molecule has 0 bridgehead atoms. The SMILES string of the molecule is CC(C)(C)c1ccc(CN)cc1OC1CC1. The quantitative estimate of drug-likeness (QED) is 0.848. The molecule has 1 aromatic rings. The molecule has 1 aromatic carbocycles. The summed E-state index contributed by atoms with van der Waals surface area (Å²) in [5.74, 6) is 1.03. The van der Waals surface area contributed by atoms with Crippen molar-refractivity contribution in [3.8, 4) is 5.75 Å². The Kier molecular flexibility index (Phi) is 2.94. The standard InChI is InChI=1S/C14H21NO/c1-14(2,3)12-7-4-10(9-15)8-13(12)16-11-5-6-11/h4,7-8,11H,5-6,9,15H2,1-3H3. The first-order valence-electron chi connectivity index (χ1n) is 6.01. The van der Waals surface area contributed by atoms with Crippen LogP contribution >= 0.6 is 0 Å². The second kappa shape index (κ2) is 4.10. The summed E-state index contributed by atoms with van der Waals surface area (Å²) < 4.78 is 5.97. The van der Waals surface area contributed by atoms with Crippen molar-refractivity contribution in [3.63, 3.8) is 0 Å². The van der Waals surface area contributed by atoms with E-state index in [0.717, 1.165) is 11.3 Å². The molecule has 2 nitrogen and oxygen atoms in total. The Morgan fingerprint density at radius 1 is 1.31 bits per heavy atom. The van der Waals surface area contributed by atoms with E-state index in [1.54, 1.807) is 0 Å². The molecule has 0 radical (unpaired) electrons. The zero-order valence-electron chi connectivity index (χ0n) is 10.4. The molecule has 2 rings (SSSR count). The molecule has 16 heavy (non-hydrogen) atoms. The van der Waals surface area contributed by atoms with E-state index >= 15 is 0 Å². The predicted molar refractivity (Wildman–Crippen MR) is 66.7 cm³/mol. The van der Waals surface area contributed by atoms with Crippen LogP contribution in [-0.4, -0.2) is 6.10 Å². The fraction of sp³-hybridized carbons (Fsp3) is 0.571. The average Bonchev–Trinajstić information content (AvgIpc) is 3.00. The Labute approximate surface area is 97.8 Å². The lowest BCUT2D eigenvalue weighted by atomic mass is 9.86. The van der Waals surface area contributed by atoms with Crippen LogP contribution in [0.4, 0.5) is 0 Å². The van der Waals surface area contributed by atoms with E-state index in [-0.39, 0.29) is 5.41 Å². The maximum Gasteiger partial charge on any atom is 0.123 e. The average molecular weight is 219 g/mol. The van der Waals surface area contributed by atoms with Crippen LogP contribution in [0.15, 0.2) is 18.2 Å². The maximum absolute atomic E-state index is 5.97. The van der Waals surface area contributed by atoms with Gasteiger partial charge in [-0.3, -0.25) is 0 Å². The summed E-state index contributed by atoms with van der Waals surface area (Å²) in [6, 6.07) is 6.35. The molecule has 0 amide bonds. The number of hydrogen-bond acceptors (Lipinski definition) is 2. The summed E-state index contributed by atoms with van der Waals surface area (Å²) in [5, 5.41) is 0. The summed E-state index contributed by atoms with van der Waals surface area (Å²) in [5.41, 5.74) is 8.21. The Morgan fingerprint density at radius 3 is 2.50 bits per heavy atom. The Balaban J connectivity index is 2.33. The molecule has 2 N–H and O–H groups in total. The van der Waals surface area contributed by atoms with Crippen LogP contribution < -0.4 is 10.5 Å². The largest absolute Gasteiger partial charge is 0.490 e. The monoisotopic (exact) mass is 219 g/mol. The molecule has 0 saturated heterocycles. The predicted octanol–water partition coefficient (Wildman–Crippen LogP) is 2.98. The van der Waals surface area contributed by atoms with Gasteiger partial charge in [0.05, 0.1) is 6.10 Å². The number of hydrogen-bond donors (Lipinski definition) is 1. The van der Waals surface area contributed by atoms with Gasteiger partial charge in [-0.25, -0.2) is 0 Å². The highest BCUT2D eigenvalue weighted by Crippen LogP contribution is 2.36. The highest BCUT2D eigenvalue weighted by atomic mass is 16.5. The number of nitrogens with two attached hydrogens (primary N) is 1. The summed E-state index contributed by atoms with van der Waals surface area (Å²) in [6.45, 7) is 7.21. The summed E-state index contributed by atoms with van der Waals surface area (Å²) in [4.78, 5) is 0. The van der Waals surface area contributed by atoms with Crippen LogP contribution in [0.25, 0.3) is 0 Å². The zero-order chi connectivity index (χ0) is 11.8. The molecule has 0 atom stereocenters. The van der Waals surface area contributed by atoms with E-state index < -0.39 is 0 Å². The highest BCUT2D eigenvalue weighted by molar-refractivity contribution is 5.42. The summed E-state index contributed by atoms with van der Waals surface area (Å²) >= 11 is 0. The minimum atomic E-state index is 0.122. The second-order valence-corrected chi connectivity index (χ2v) is 5.60. The third kappa shape index (κ3) is 2.56. The lowest BCUT2D eigenvalue weighted by molar-refractivity contribution is 0.294. The molecule has 1 aliphatic carbocycles. The van der Waals surface area contributed by atoms with E-state index in [2.05, 4.69) is 39.0 Å². The highest BCUT2D eigenvalue weighted by Gasteiger charge is 2.27. The van der Waals surface area contributed by atoms with Crippen molar-refractivity contribution in [3.05, 3.63) is 29.3 Å². The summed E-state index contributed by atoms with van der Waals surface area (Å²) in [7, 11) is 0. The smallest absolute Gasteiger partial charge is 0.123 e. The fourth-order valence-electron chi connectivity index (χ4n) is 1.78. The van der Waals surface area contributed by atoms with Crippen molar-refractivity contribution in [2.45, 2.75) is 51.7 Å². The Morgan fingerprint density at radius 2 is 2.00 bits per heavy atom. The van der Waals surface area contributed by atoms with Crippen molar-refractivity contribution < 1.29 is 4.74 Å². The third-order valence-corrected chi connectivity index (χ3v) is 2.91. The molecule has 0 heterocycles. The molecule has 1 fully saturated rings. The molecular weight excluding hydrogens is 198 g/mol. The van der Waals surface area contributed by atoms with Gasteiger partial charge in [-0.1, -0.05) is 32.9 Å². The first-order valence-corrected chi connectivity index (χ1v) is 6.01. The van der Waals surface area contributed by atoms with E-state index in [1.807, 2.05) is 0 Å². The maximum atomic E-state index is 5.97. The Hall–Kier alpha value is -1.02. The molecule has 88 valence electrons. The third-order valence-electron chi connectivity index (χ3n) is 2.91. The molecular formula is C14H21NO. The normalized spacial score (nSPS) is 16.2. The van der Waals surface area contributed by atoms with E-state index in [9.17, 15) is 0 Å². The van der Waals surface area contributed by atoms with Crippen LogP contribution in [0.5, 0.6) is 5.75 Å². The van der Waals surface area contributed by atoms with E-state index in [4.69, 9.17) is 10.5 Å². The van der Waals surface area contributed by atoms with E-state index in [0.29, 0.717) is 12.6 Å². The van der Waals surface area contributed by atoms with Gasteiger partial charge < -0.3 is 10.5 Å². The van der Waals surface area contributed by atoms with Gasteiger partial charge in [-0.05, 0) is 35.4 Å².